The van der Waals surface area contributed by atoms with Crippen molar-refractivity contribution in [3.05, 3.63) is 65.7 Å². The number of halogens is 1. The highest BCUT2D eigenvalue weighted by molar-refractivity contribution is 6.05. The fourth-order valence-electron chi connectivity index (χ4n) is 2.46. The molecule has 1 aromatic heterocycles. The molecule has 0 aliphatic rings. The number of aromatic nitrogens is 1. The first-order valence-electron chi connectivity index (χ1n) is 6.36. The minimum Gasteiger partial charge on any atom is -0.478 e. The SMILES string of the molecule is Cc1c(-c2ccccc2)nc2ccccc2c1C(=O)O.Cl. The number of benzene rings is 2. The van der Waals surface area contributed by atoms with Crippen LogP contribution in [0.3, 0.4) is 0 Å². The van der Waals surface area contributed by atoms with E-state index >= 15 is 0 Å². The molecular weight excluding hydrogens is 286 g/mol. The van der Waals surface area contributed by atoms with Crippen LogP contribution in [0, 0.1) is 6.92 Å². The van der Waals surface area contributed by atoms with Gasteiger partial charge in [-0.1, -0.05) is 48.5 Å². The molecule has 1 heterocycles. The normalized spacial score (nSPS) is 10.1. The number of hydrogen-bond donors (Lipinski definition) is 1. The van der Waals surface area contributed by atoms with Crippen molar-refractivity contribution in [1.29, 1.82) is 0 Å². The number of carbonyl (C=O) groups is 1. The van der Waals surface area contributed by atoms with Crippen molar-refractivity contribution in [3.8, 4) is 11.3 Å². The summed E-state index contributed by atoms with van der Waals surface area (Å²) in [5.74, 6) is -0.918. The van der Waals surface area contributed by atoms with E-state index in [4.69, 9.17) is 0 Å². The Bertz CT molecular complexity index is 800. The number of nitrogens with zero attached hydrogens (tertiary/aromatic N) is 1. The van der Waals surface area contributed by atoms with Crippen LogP contribution in [0.4, 0.5) is 0 Å². The summed E-state index contributed by atoms with van der Waals surface area (Å²) in [6.07, 6.45) is 0. The van der Waals surface area contributed by atoms with Crippen LogP contribution >= 0.6 is 12.4 Å². The molecule has 21 heavy (non-hydrogen) atoms. The number of pyridine rings is 1. The van der Waals surface area contributed by atoms with Crippen molar-refractivity contribution in [2.45, 2.75) is 6.92 Å². The Labute approximate surface area is 128 Å². The van der Waals surface area contributed by atoms with E-state index in [0.717, 1.165) is 11.3 Å². The second kappa shape index (κ2) is 5.94. The zero-order chi connectivity index (χ0) is 14.1. The standard InChI is InChI=1S/C17H13NO2.ClH/c1-11-15(17(19)20)13-9-5-6-10-14(13)18-16(11)12-7-3-2-4-8-12;/h2-10H,1H3,(H,19,20);1H. The summed E-state index contributed by atoms with van der Waals surface area (Å²) in [6, 6.07) is 17.0. The Balaban J connectivity index is 0.00000161. The van der Waals surface area contributed by atoms with Crippen LogP contribution in [-0.2, 0) is 0 Å². The Morgan fingerprint density at radius 3 is 2.29 bits per heavy atom. The Kier molecular flexibility index (Phi) is 4.24. The van der Waals surface area contributed by atoms with Gasteiger partial charge in [0.2, 0.25) is 0 Å². The van der Waals surface area contributed by atoms with Gasteiger partial charge >= 0.3 is 5.97 Å². The summed E-state index contributed by atoms with van der Waals surface area (Å²) in [4.78, 5) is 16.2. The maximum absolute atomic E-state index is 11.6. The maximum atomic E-state index is 11.6. The maximum Gasteiger partial charge on any atom is 0.336 e. The van der Waals surface area contributed by atoms with Gasteiger partial charge in [-0.2, -0.15) is 0 Å². The molecule has 3 nitrogen and oxygen atoms in total. The molecular formula is C17H14ClNO2. The van der Waals surface area contributed by atoms with E-state index in [2.05, 4.69) is 4.98 Å². The number of aromatic carboxylic acids is 1. The second-order valence-electron chi connectivity index (χ2n) is 4.65. The van der Waals surface area contributed by atoms with Crippen LogP contribution in [0.2, 0.25) is 0 Å². The molecule has 2 aromatic carbocycles. The zero-order valence-electron chi connectivity index (χ0n) is 11.4. The third-order valence-electron chi connectivity index (χ3n) is 3.40. The van der Waals surface area contributed by atoms with Gasteiger partial charge < -0.3 is 5.11 Å². The van der Waals surface area contributed by atoms with Gasteiger partial charge in [0.05, 0.1) is 16.8 Å². The highest BCUT2D eigenvalue weighted by Gasteiger charge is 2.17. The third-order valence-corrected chi connectivity index (χ3v) is 3.40. The molecule has 0 aliphatic heterocycles. The first kappa shape index (κ1) is 15.0. The molecule has 0 aliphatic carbocycles. The lowest BCUT2D eigenvalue weighted by molar-refractivity contribution is 0.0698. The molecule has 0 radical (unpaired) electrons. The van der Waals surface area contributed by atoms with Crippen molar-refractivity contribution in [2.75, 3.05) is 0 Å². The first-order valence-corrected chi connectivity index (χ1v) is 6.36. The molecule has 0 spiro atoms. The van der Waals surface area contributed by atoms with Crippen molar-refractivity contribution < 1.29 is 9.90 Å². The lowest BCUT2D eigenvalue weighted by Gasteiger charge is -2.11. The van der Waals surface area contributed by atoms with E-state index in [1.807, 2.05) is 55.5 Å². The summed E-state index contributed by atoms with van der Waals surface area (Å²) < 4.78 is 0. The monoisotopic (exact) mass is 299 g/mol. The van der Waals surface area contributed by atoms with Crippen LogP contribution < -0.4 is 0 Å². The number of para-hydroxylation sites is 1. The molecule has 0 amide bonds. The predicted molar refractivity (Wildman–Crippen MR) is 86.1 cm³/mol. The van der Waals surface area contributed by atoms with Crippen LogP contribution in [0.1, 0.15) is 15.9 Å². The number of hydrogen-bond acceptors (Lipinski definition) is 2. The van der Waals surface area contributed by atoms with Crippen molar-refractivity contribution in [2.24, 2.45) is 0 Å². The van der Waals surface area contributed by atoms with Gasteiger partial charge in [-0.3, -0.25) is 0 Å². The Hall–Kier alpha value is -2.39. The summed E-state index contributed by atoms with van der Waals surface area (Å²) in [5, 5.41) is 10.2. The lowest BCUT2D eigenvalue weighted by Crippen LogP contribution is -2.04. The van der Waals surface area contributed by atoms with Gasteiger partial charge in [0.25, 0.3) is 0 Å². The molecule has 3 aromatic rings. The summed E-state index contributed by atoms with van der Waals surface area (Å²) in [7, 11) is 0. The molecule has 0 bridgehead atoms. The fourth-order valence-corrected chi connectivity index (χ4v) is 2.46. The van der Waals surface area contributed by atoms with Crippen LogP contribution in [0.5, 0.6) is 0 Å². The number of fused-ring (bicyclic) bond motifs is 1. The van der Waals surface area contributed by atoms with E-state index in [0.29, 0.717) is 22.0 Å². The molecule has 4 heteroatoms. The average molecular weight is 300 g/mol. The minimum absolute atomic E-state index is 0. The summed E-state index contributed by atoms with van der Waals surface area (Å²) in [5.41, 5.74) is 3.38. The van der Waals surface area contributed by atoms with Gasteiger partial charge in [0.15, 0.2) is 0 Å². The van der Waals surface area contributed by atoms with Crippen molar-refractivity contribution >= 4 is 29.3 Å². The second-order valence-corrected chi connectivity index (χ2v) is 4.65. The molecule has 106 valence electrons. The minimum atomic E-state index is -0.918. The van der Waals surface area contributed by atoms with Gasteiger partial charge in [-0.25, -0.2) is 9.78 Å². The van der Waals surface area contributed by atoms with Gasteiger partial charge in [0.1, 0.15) is 0 Å². The van der Waals surface area contributed by atoms with Gasteiger partial charge in [0, 0.05) is 10.9 Å². The van der Waals surface area contributed by atoms with Gasteiger partial charge in [-0.15, -0.1) is 12.4 Å². The largest absolute Gasteiger partial charge is 0.478 e. The summed E-state index contributed by atoms with van der Waals surface area (Å²) >= 11 is 0. The Morgan fingerprint density at radius 1 is 1.00 bits per heavy atom. The molecule has 3 rings (SSSR count). The molecule has 0 unspecified atom stereocenters. The highest BCUT2D eigenvalue weighted by atomic mass is 35.5. The molecule has 0 fully saturated rings. The van der Waals surface area contributed by atoms with E-state index < -0.39 is 5.97 Å². The van der Waals surface area contributed by atoms with Crippen molar-refractivity contribution in [1.82, 2.24) is 4.98 Å². The van der Waals surface area contributed by atoms with E-state index in [-0.39, 0.29) is 12.4 Å². The molecule has 0 atom stereocenters. The van der Waals surface area contributed by atoms with Gasteiger partial charge in [-0.05, 0) is 18.6 Å². The highest BCUT2D eigenvalue weighted by Crippen LogP contribution is 2.29. The fraction of sp³-hybridized carbons (Fsp3) is 0.0588. The molecule has 0 saturated heterocycles. The number of carboxylic acids is 1. The predicted octanol–water partition coefficient (Wildman–Crippen LogP) is 4.33. The van der Waals surface area contributed by atoms with Crippen LogP contribution in [0.25, 0.3) is 22.2 Å². The quantitative estimate of drug-likeness (QED) is 0.766. The number of rotatable bonds is 2. The first-order chi connectivity index (χ1) is 9.68. The van der Waals surface area contributed by atoms with E-state index in [1.54, 1.807) is 6.07 Å². The third kappa shape index (κ3) is 2.60. The molecule has 0 saturated carbocycles. The van der Waals surface area contributed by atoms with E-state index in [9.17, 15) is 9.90 Å². The van der Waals surface area contributed by atoms with E-state index in [1.165, 1.54) is 0 Å². The zero-order valence-corrected chi connectivity index (χ0v) is 12.2. The van der Waals surface area contributed by atoms with Crippen LogP contribution in [0.15, 0.2) is 54.6 Å². The molecule has 1 N–H and O–H groups in total. The smallest absolute Gasteiger partial charge is 0.336 e. The number of carboxylic acid groups (broad SMARTS) is 1. The topological polar surface area (TPSA) is 50.2 Å². The summed E-state index contributed by atoms with van der Waals surface area (Å²) in [6.45, 7) is 1.81. The average Bonchev–Trinajstić information content (AvgIpc) is 2.47. The van der Waals surface area contributed by atoms with Crippen molar-refractivity contribution in [3.63, 3.8) is 0 Å². The Morgan fingerprint density at radius 2 is 1.62 bits per heavy atom. The van der Waals surface area contributed by atoms with Crippen LogP contribution in [-0.4, -0.2) is 16.1 Å². The lowest BCUT2D eigenvalue weighted by atomic mass is 9.98.